The maximum atomic E-state index is 14.6. The van der Waals surface area contributed by atoms with Gasteiger partial charge in [0.2, 0.25) is 0 Å². The number of hydrogen-bond acceptors (Lipinski definition) is 6. The van der Waals surface area contributed by atoms with Crippen LogP contribution in [0.1, 0.15) is 22.9 Å². The molecule has 2 heterocycles. The number of hydrogen-bond donors (Lipinski definition) is 2. The van der Waals surface area contributed by atoms with E-state index in [-0.39, 0.29) is 30.1 Å². The van der Waals surface area contributed by atoms with E-state index in [9.17, 15) is 23.5 Å². The van der Waals surface area contributed by atoms with Crippen molar-refractivity contribution in [2.45, 2.75) is 26.1 Å². The van der Waals surface area contributed by atoms with Crippen molar-refractivity contribution in [3.63, 3.8) is 0 Å². The minimum Gasteiger partial charge on any atom is -0.506 e. The number of benzene rings is 3. The van der Waals surface area contributed by atoms with Crippen LogP contribution in [0.15, 0.2) is 82.4 Å². The van der Waals surface area contributed by atoms with Gasteiger partial charge < -0.3 is 20.6 Å². The molecule has 40 heavy (non-hydrogen) atoms. The predicted octanol–water partition coefficient (Wildman–Crippen LogP) is 3.38. The van der Waals surface area contributed by atoms with Crippen molar-refractivity contribution < 1.29 is 13.9 Å². The molecule has 0 amide bonds. The molecule has 0 bridgehead atoms. The van der Waals surface area contributed by atoms with Crippen molar-refractivity contribution in [3.8, 4) is 5.75 Å². The molecule has 1 saturated heterocycles. The third-order valence-electron chi connectivity index (χ3n) is 7.46. The molecule has 0 aliphatic carbocycles. The first kappa shape index (κ1) is 27.1. The summed E-state index contributed by atoms with van der Waals surface area (Å²) in [4.78, 5) is 31.5. The molecule has 5 rings (SSSR count). The standard InChI is InChI=1S/C30H31F2N5O3/c1-20-28(35-16-14-34(15-17-35)26-12-5-6-13-27(26)38)29(39)37(19-25(33)21-8-3-2-4-9-21)30(40)36(20)18-22-23(31)10-7-11-24(22)32/h2-13,25,38H,14-19,33H2,1H3/t25-/m0/s1. The lowest BCUT2D eigenvalue weighted by Gasteiger charge is -2.38. The molecule has 3 N–H and O–H groups in total. The van der Waals surface area contributed by atoms with Crippen LogP contribution < -0.4 is 26.8 Å². The van der Waals surface area contributed by atoms with Crippen LogP contribution in [0.4, 0.5) is 20.2 Å². The summed E-state index contributed by atoms with van der Waals surface area (Å²) >= 11 is 0. The van der Waals surface area contributed by atoms with E-state index in [1.54, 1.807) is 19.1 Å². The highest BCUT2D eigenvalue weighted by Gasteiger charge is 2.27. The first-order valence-corrected chi connectivity index (χ1v) is 13.1. The van der Waals surface area contributed by atoms with E-state index in [1.165, 1.54) is 10.6 Å². The zero-order valence-corrected chi connectivity index (χ0v) is 22.1. The Hall–Kier alpha value is -4.44. The van der Waals surface area contributed by atoms with Gasteiger partial charge in [0.1, 0.15) is 23.1 Å². The Bertz CT molecular complexity index is 1610. The average Bonchev–Trinajstić information content (AvgIpc) is 2.96. The maximum Gasteiger partial charge on any atom is 0.331 e. The van der Waals surface area contributed by atoms with Gasteiger partial charge >= 0.3 is 5.69 Å². The normalized spacial score (nSPS) is 14.4. The Morgan fingerprint density at radius 2 is 1.43 bits per heavy atom. The number of nitrogens with zero attached hydrogens (tertiary/aromatic N) is 4. The number of phenols is 1. The fraction of sp³-hybridized carbons (Fsp3) is 0.267. The number of aromatic nitrogens is 2. The summed E-state index contributed by atoms with van der Waals surface area (Å²) in [5.41, 5.74) is 7.00. The summed E-state index contributed by atoms with van der Waals surface area (Å²) in [5, 5.41) is 10.3. The van der Waals surface area contributed by atoms with Gasteiger partial charge in [0, 0.05) is 43.5 Å². The number of rotatable bonds is 7. The largest absolute Gasteiger partial charge is 0.506 e. The summed E-state index contributed by atoms with van der Waals surface area (Å²) in [5.74, 6) is -1.38. The zero-order valence-electron chi connectivity index (χ0n) is 22.1. The second-order valence-electron chi connectivity index (χ2n) is 9.90. The Morgan fingerprint density at radius 1 is 0.825 bits per heavy atom. The molecule has 3 aromatic carbocycles. The fourth-order valence-corrected chi connectivity index (χ4v) is 5.24. The van der Waals surface area contributed by atoms with Crippen LogP contribution in [-0.2, 0) is 13.1 Å². The van der Waals surface area contributed by atoms with E-state index in [4.69, 9.17) is 5.73 Å². The van der Waals surface area contributed by atoms with E-state index >= 15 is 0 Å². The first-order chi connectivity index (χ1) is 19.3. The molecule has 208 valence electrons. The molecule has 0 saturated carbocycles. The molecule has 1 fully saturated rings. The van der Waals surface area contributed by atoms with E-state index in [2.05, 4.69) is 0 Å². The first-order valence-electron chi connectivity index (χ1n) is 13.1. The Morgan fingerprint density at radius 3 is 2.08 bits per heavy atom. The number of aromatic hydroxyl groups is 1. The summed E-state index contributed by atoms with van der Waals surface area (Å²) in [6.45, 7) is 3.03. The van der Waals surface area contributed by atoms with Gasteiger partial charge in [-0.1, -0.05) is 48.5 Å². The molecule has 1 atom stereocenters. The third-order valence-corrected chi connectivity index (χ3v) is 7.46. The number of phenolic OH excluding ortho intramolecular Hbond substituents is 1. The molecule has 10 heteroatoms. The molecule has 8 nitrogen and oxygen atoms in total. The summed E-state index contributed by atoms with van der Waals surface area (Å²) in [7, 11) is 0. The highest BCUT2D eigenvalue weighted by molar-refractivity contribution is 5.59. The monoisotopic (exact) mass is 547 g/mol. The summed E-state index contributed by atoms with van der Waals surface area (Å²) < 4.78 is 31.6. The molecular weight excluding hydrogens is 516 g/mol. The highest BCUT2D eigenvalue weighted by Crippen LogP contribution is 2.28. The smallest absolute Gasteiger partial charge is 0.331 e. The number of para-hydroxylation sites is 2. The van der Waals surface area contributed by atoms with Crippen LogP contribution >= 0.6 is 0 Å². The van der Waals surface area contributed by atoms with Crippen molar-refractivity contribution in [2.24, 2.45) is 5.73 Å². The van der Waals surface area contributed by atoms with Crippen LogP contribution in [0.25, 0.3) is 0 Å². The SMILES string of the molecule is Cc1c(N2CCN(c3ccccc3O)CC2)c(=O)n(C[C@H](N)c2ccccc2)c(=O)n1Cc1c(F)cccc1F. The minimum absolute atomic E-state index is 0.105. The van der Waals surface area contributed by atoms with Crippen LogP contribution in [0, 0.1) is 18.6 Å². The molecule has 1 aliphatic heterocycles. The van der Waals surface area contributed by atoms with Gasteiger partial charge in [-0.05, 0) is 36.8 Å². The molecule has 0 spiro atoms. The molecule has 1 aliphatic rings. The van der Waals surface area contributed by atoms with Crippen molar-refractivity contribution in [1.82, 2.24) is 9.13 Å². The van der Waals surface area contributed by atoms with Crippen molar-refractivity contribution >= 4 is 11.4 Å². The molecular formula is C30H31F2N5O3. The summed E-state index contributed by atoms with van der Waals surface area (Å²) in [6, 6.07) is 19.1. The van der Waals surface area contributed by atoms with Gasteiger partial charge in [0.25, 0.3) is 5.56 Å². The number of halogens is 2. The van der Waals surface area contributed by atoms with Crippen LogP contribution in [0.5, 0.6) is 5.75 Å². The lowest BCUT2D eigenvalue weighted by Crippen LogP contribution is -2.51. The summed E-state index contributed by atoms with van der Waals surface area (Å²) in [6.07, 6.45) is 0. The van der Waals surface area contributed by atoms with Crippen LogP contribution in [-0.4, -0.2) is 40.4 Å². The highest BCUT2D eigenvalue weighted by atomic mass is 19.1. The van der Waals surface area contributed by atoms with Crippen molar-refractivity contribution in [3.05, 3.63) is 122 Å². The third kappa shape index (κ3) is 5.22. The predicted molar refractivity (Wildman–Crippen MR) is 151 cm³/mol. The van der Waals surface area contributed by atoms with Crippen molar-refractivity contribution in [1.29, 1.82) is 0 Å². The number of anilines is 2. The molecule has 4 aromatic rings. The minimum atomic E-state index is -0.775. The fourth-order valence-electron chi connectivity index (χ4n) is 5.24. The van der Waals surface area contributed by atoms with Gasteiger partial charge in [-0.3, -0.25) is 13.9 Å². The van der Waals surface area contributed by atoms with Gasteiger partial charge in [0.05, 0.1) is 18.8 Å². The second kappa shape index (κ2) is 11.4. The van der Waals surface area contributed by atoms with Gasteiger partial charge in [0.15, 0.2) is 0 Å². The van der Waals surface area contributed by atoms with E-state index in [0.717, 1.165) is 22.3 Å². The lowest BCUT2D eigenvalue weighted by molar-refractivity contribution is 0.471. The topological polar surface area (TPSA) is 96.7 Å². The second-order valence-corrected chi connectivity index (χ2v) is 9.90. The molecule has 0 radical (unpaired) electrons. The van der Waals surface area contributed by atoms with E-state index in [0.29, 0.717) is 37.6 Å². The quantitative estimate of drug-likeness (QED) is 0.368. The van der Waals surface area contributed by atoms with Gasteiger partial charge in [-0.25, -0.2) is 13.6 Å². The Kier molecular flexibility index (Phi) is 7.70. The molecule has 0 unspecified atom stereocenters. The van der Waals surface area contributed by atoms with Crippen molar-refractivity contribution in [2.75, 3.05) is 36.0 Å². The Balaban J connectivity index is 1.55. The number of nitrogens with two attached hydrogens (primary N) is 1. The van der Waals surface area contributed by atoms with Crippen LogP contribution in [0.3, 0.4) is 0 Å². The zero-order chi connectivity index (χ0) is 28.4. The van der Waals surface area contributed by atoms with Crippen LogP contribution in [0.2, 0.25) is 0 Å². The molecule has 1 aromatic heterocycles. The maximum absolute atomic E-state index is 14.6. The van der Waals surface area contributed by atoms with E-state index in [1.807, 2.05) is 52.3 Å². The Labute approximate surface area is 230 Å². The van der Waals surface area contributed by atoms with Gasteiger partial charge in [-0.15, -0.1) is 0 Å². The number of piperazine rings is 1. The van der Waals surface area contributed by atoms with Gasteiger partial charge in [-0.2, -0.15) is 0 Å². The van der Waals surface area contributed by atoms with E-state index < -0.39 is 28.9 Å². The lowest BCUT2D eigenvalue weighted by atomic mass is 10.1. The average molecular weight is 548 g/mol.